The Labute approximate surface area is 89.6 Å². The highest BCUT2D eigenvalue weighted by Gasteiger charge is 2.29. The summed E-state index contributed by atoms with van der Waals surface area (Å²) >= 11 is 1.91. The number of carbonyl (C=O) groups is 1. The van der Waals surface area contributed by atoms with Crippen molar-refractivity contribution in [3.63, 3.8) is 0 Å². The third-order valence-electron chi connectivity index (χ3n) is 2.47. The molecule has 0 amide bonds. The van der Waals surface area contributed by atoms with Crippen LogP contribution in [0.5, 0.6) is 0 Å². The van der Waals surface area contributed by atoms with Crippen LogP contribution in [0.3, 0.4) is 0 Å². The molecule has 0 aromatic rings. The van der Waals surface area contributed by atoms with Gasteiger partial charge in [-0.2, -0.15) is 11.8 Å². The molecule has 0 aromatic heterocycles. The Bertz CT molecular complexity index is 218. The Morgan fingerprint density at radius 2 is 2.29 bits per heavy atom. The van der Waals surface area contributed by atoms with Crippen LogP contribution in [0, 0.1) is 5.41 Å². The van der Waals surface area contributed by atoms with Gasteiger partial charge in [0.15, 0.2) is 0 Å². The van der Waals surface area contributed by atoms with E-state index in [2.05, 4.69) is 19.2 Å². The molecule has 0 saturated carbocycles. The minimum atomic E-state index is -0.765. The largest absolute Gasteiger partial charge is 0.480 e. The van der Waals surface area contributed by atoms with Crippen LogP contribution >= 0.6 is 11.8 Å². The van der Waals surface area contributed by atoms with Crippen LogP contribution in [0.1, 0.15) is 27.2 Å². The highest BCUT2D eigenvalue weighted by atomic mass is 32.2. The fourth-order valence-corrected chi connectivity index (χ4v) is 3.08. The van der Waals surface area contributed by atoms with E-state index in [4.69, 9.17) is 5.11 Å². The van der Waals surface area contributed by atoms with Gasteiger partial charge in [-0.25, -0.2) is 0 Å². The highest BCUT2D eigenvalue weighted by molar-refractivity contribution is 7.99. The van der Waals surface area contributed by atoms with E-state index >= 15 is 0 Å². The molecule has 14 heavy (non-hydrogen) atoms. The van der Waals surface area contributed by atoms with Crippen LogP contribution in [0.2, 0.25) is 0 Å². The Morgan fingerprint density at radius 3 is 2.79 bits per heavy atom. The molecular formula is C10H19NO2S. The lowest BCUT2D eigenvalue weighted by Gasteiger charge is -2.36. The van der Waals surface area contributed by atoms with Crippen LogP contribution in [0.4, 0.5) is 0 Å². The van der Waals surface area contributed by atoms with E-state index in [1.165, 1.54) is 5.75 Å². The summed E-state index contributed by atoms with van der Waals surface area (Å²) in [6, 6.07) is -0.0932. The van der Waals surface area contributed by atoms with Crippen LogP contribution < -0.4 is 5.32 Å². The molecule has 1 rings (SSSR count). The normalized spacial score (nSPS) is 28.4. The zero-order valence-electron chi connectivity index (χ0n) is 9.04. The second-order valence-electron chi connectivity index (χ2n) is 4.81. The Balaban J connectivity index is 2.42. The number of hydrogen-bond donors (Lipinski definition) is 2. The molecule has 2 unspecified atom stereocenters. The Morgan fingerprint density at radius 1 is 1.64 bits per heavy atom. The summed E-state index contributed by atoms with van der Waals surface area (Å²) in [5.74, 6) is 1.44. The van der Waals surface area contributed by atoms with Crippen molar-refractivity contribution in [2.75, 3.05) is 11.5 Å². The zero-order valence-corrected chi connectivity index (χ0v) is 9.86. The molecule has 0 radical (unpaired) electrons. The average molecular weight is 217 g/mol. The second kappa shape index (κ2) is 4.53. The molecule has 1 fully saturated rings. The Kier molecular flexibility index (Phi) is 3.84. The summed E-state index contributed by atoms with van der Waals surface area (Å²) in [4.78, 5) is 10.7. The first kappa shape index (κ1) is 11.9. The van der Waals surface area contributed by atoms with Gasteiger partial charge in [0.2, 0.25) is 0 Å². The van der Waals surface area contributed by atoms with Crippen molar-refractivity contribution in [2.45, 2.75) is 39.3 Å². The van der Waals surface area contributed by atoms with Gasteiger partial charge in [-0.15, -0.1) is 0 Å². The Hall–Kier alpha value is -0.220. The molecule has 0 aliphatic carbocycles. The molecular weight excluding hydrogens is 198 g/mol. The molecule has 0 bridgehead atoms. The predicted octanol–water partition coefficient (Wildman–Crippen LogP) is 1.58. The lowest BCUT2D eigenvalue weighted by atomic mass is 9.87. The zero-order chi connectivity index (χ0) is 10.8. The summed E-state index contributed by atoms with van der Waals surface area (Å²) in [6.45, 7) is 6.17. The van der Waals surface area contributed by atoms with E-state index in [1.54, 1.807) is 6.92 Å². The van der Waals surface area contributed by atoms with Crippen LogP contribution in [-0.2, 0) is 4.79 Å². The molecule has 0 spiro atoms. The van der Waals surface area contributed by atoms with Crippen LogP contribution in [-0.4, -0.2) is 34.7 Å². The second-order valence-corrected chi connectivity index (χ2v) is 5.84. The minimum absolute atomic E-state index is 0.332. The van der Waals surface area contributed by atoms with Gasteiger partial charge in [-0.1, -0.05) is 13.8 Å². The number of hydrogen-bond acceptors (Lipinski definition) is 3. The maximum Gasteiger partial charge on any atom is 0.320 e. The molecule has 0 aromatic carbocycles. The lowest BCUT2D eigenvalue weighted by Crippen LogP contribution is -2.47. The highest BCUT2D eigenvalue weighted by Crippen LogP contribution is 2.33. The van der Waals surface area contributed by atoms with Gasteiger partial charge in [0.25, 0.3) is 0 Å². The van der Waals surface area contributed by atoms with Gasteiger partial charge in [0.05, 0.1) is 0 Å². The van der Waals surface area contributed by atoms with Gasteiger partial charge in [0, 0.05) is 11.8 Å². The molecule has 4 heteroatoms. The van der Waals surface area contributed by atoms with Crippen LogP contribution in [0.25, 0.3) is 0 Å². The lowest BCUT2D eigenvalue weighted by molar-refractivity contribution is -0.139. The average Bonchev–Trinajstić information content (AvgIpc) is 2.01. The number of nitrogens with one attached hydrogen (secondary N) is 1. The molecule has 1 aliphatic heterocycles. The summed E-state index contributed by atoms with van der Waals surface area (Å²) in [7, 11) is 0. The SMILES string of the molecule is CC(NC1CSCC(C)(C)C1)C(=O)O. The quantitative estimate of drug-likeness (QED) is 0.753. The maximum absolute atomic E-state index is 10.7. The summed E-state index contributed by atoms with van der Waals surface area (Å²) in [5.41, 5.74) is 0.332. The third-order valence-corrected chi connectivity index (χ3v) is 4.09. The first-order valence-corrected chi connectivity index (χ1v) is 6.13. The fraction of sp³-hybridized carbons (Fsp3) is 0.900. The van der Waals surface area contributed by atoms with Crippen LogP contribution in [0.15, 0.2) is 0 Å². The number of aliphatic carboxylic acids is 1. The van der Waals surface area contributed by atoms with Crippen molar-refractivity contribution in [3.8, 4) is 0 Å². The molecule has 1 heterocycles. The summed E-state index contributed by atoms with van der Waals surface area (Å²) in [6.07, 6.45) is 1.07. The van der Waals surface area contributed by atoms with Crippen molar-refractivity contribution in [1.82, 2.24) is 5.32 Å². The maximum atomic E-state index is 10.7. The smallest absolute Gasteiger partial charge is 0.320 e. The van der Waals surface area contributed by atoms with Gasteiger partial charge in [-0.05, 0) is 24.5 Å². The first-order chi connectivity index (χ1) is 6.41. The van der Waals surface area contributed by atoms with Crippen molar-refractivity contribution in [1.29, 1.82) is 0 Å². The van der Waals surface area contributed by atoms with Gasteiger partial charge in [0.1, 0.15) is 6.04 Å². The van der Waals surface area contributed by atoms with Crippen molar-refractivity contribution in [3.05, 3.63) is 0 Å². The molecule has 2 atom stereocenters. The first-order valence-electron chi connectivity index (χ1n) is 4.97. The van der Waals surface area contributed by atoms with Crippen molar-refractivity contribution in [2.24, 2.45) is 5.41 Å². The van der Waals surface area contributed by atoms with Gasteiger partial charge >= 0.3 is 5.97 Å². The van der Waals surface area contributed by atoms with Crippen molar-refractivity contribution < 1.29 is 9.90 Å². The number of carboxylic acids is 1. The molecule has 82 valence electrons. The van der Waals surface area contributed by atoms with E-state index < -0.39 is 12.0 Å². The monoisotopic (exact) mass is 217 g/mol. The van der Waals surface area contributed by atoms with Crippen molar-refractivity contribution >= 4 is 17.7 Å². The number of thioether (sulfide) groups is 1. The minimum Gasteiger partial charge on any atom is -0.480 e. The molecule has 3 nitrogen and oxygen atoms in total. The topological polar surface area (TPSA) is 49.3 Å². The summed E-state index contributed by atoms with van der Waals surface area (Å²) in [5, 5.41) is 11.9. The number of carboxylic acid groups (broad SMARTS) is 1. The molecule has 1 saturated heterocycles. The summed E-state index contributed by atoms with van der Waals surface area (Å²) < 4.78 is 0. The van der Waals surface area contributed by atoms with E-state index in [9.17, 15) is 4.79 Å². The standard InChI is InChI=1S/C10H19NO2S/c1-7(9(12)13)11-8-4-10(2,3)6-14-5-8/h7-8,11H,4-6H2,1-3H3,(H,12,13). The van der Waals surface area contributed by atoms with E-state index in [-0.39, 0.29) is 0 Å². The van der Waals surface area contributed by atoms with Gasteiger partial charge in [-0.3, -0.25) is 4.79 Å². The third kappa shape index (κ3) is 3.50. The molecule has 2 N–H and O–H groups in total. The van der Waals surface area contributed by atoms with Gasteiger partial charge < -0.3 is 10.4 Å². The fourth-order valence-electron chi connectivity index (χ4n) is 1.79. The van der Waals surface area contributed by atoms with E-state index in [1.807, 2.05) is 11.8 Å². The van der Waals surface area contributed by atoms with E-state index in [0.717, 1.165) is 12.2 Å². The number of rotatable bonds is 3. The van der Waals surface area contributed by atoms with E-state index in [0.29, 0.717) is 11.5 Å². The molecule has 1 aliphatic rings. The predicted molar refractivity (Wildman–Crippen MR) is 59.7 cm³/mol.